The number of nitrogens with one attached hydrogen (secondary N) is 1. The van der Waals surface area contributed by atoms with Crippen molar-refractivity contribution >= 4 is 34.9 Å². The molecule has 0 aliphatic heterocycles. The molecule has 1 N–H and O–H groups in total. The third-order valence-corrected chi connectivity index (χ3v) is 3.74. The van der Waals surface area contributed by atoms with Gasteiger partial charge in [-0.2, -0.15) is 0 Å². The van der Waals surface area contributed by atoms with Crippen LogP contribution in [0.1, 0.15) is 36.0 Å². The third kappa shape index (κ3) is 4.76. The Kier molecular flexibility index (Phi) is 5.86. The van der Waals surface area contributed by atoms with Gasteiger partial charge in [0.25, 0.3) is 11.6 Å². The van der Waals surface area contributed by atoms with Crippen LogP contribution in [0.4, 0.5) is 5.69 Å². The van der Waals surface area contributed by atoms with E-state index in [2.05, 4.69) is 5.32 Å². The Labute approximate surface area is 142 Å². The van der Waals surface area contributed by atoms with E-state index in [1.807, 2.05) is 0 Å². The molecular weight excluding hydrogens is 340 g/mol. The number of rotatable bonds is 5. The van der Waals surface area contributed by atoms with Gasteiger partial charge in [-0.05, 0) is 25.3 Å². The van der Waals surface area contributed by atoms with E-state index in [0.717, 1.165) is 25.0 Å². The first-order valence-corrected chi connectivity index (χ1v) is 7.70. The number of Topliss-reactive ketones (excluding diaryl/α,β-unsaturated/α-hetero) is 1. The van der Waals surface area contributed by atoms with Crippen LogP contribution >= 0.6 is 11.6 Å². The molecule has 0 spiro atoms. The average Bonchev–Trinajstić information content (AvgIpc) is 2.54. The first-order valence-electron chi connectivity index (χ1n) is 7.32. The van der Waals surface area contributed by atoms with Gasteiger partial charge < -0.3 is 10.1 Å². The summed E-state index contributed by atoms with van der Waals surface area (Å²) in [4.78, 5) is 45.3. The lowest BCUT2D eigenvalue weighted by atomic mass is 9.96. The quantitative estimate of drug-likeness (QED) is 0.491. The number of nitrogens with zero attached hydrogens (tertiary/aromatic N) is 1. The van der Waals surface area contributed by atoms with Crippen LogP contribution < -0.4 is 5.32 Å². The summed E-state index contributed by atoms with van der Waals surface area (Å²) >= 11 is 5.73. The summed E-state index contributed by atoms with van der Waals surface area (Å²) in [5.74, 6) is -1.56. The molecule has 0 bridgehead atoms. The van der Waals surface area contributed by atoms with Crippen molar-refractivity contribution in [3.05, 3.63) is 38.9 Å². The van der Waals surface area contributed by atoms with Gasteiger partial charge in [-0.25, -0.2) is 0 Å². The zero-order chi connectivity index (χ0) is 17.7. The van der Waals surface area contributed by atoms with Crippen molar-refractivity contribution in [3.8, 4) is 0 Å². The molecule has 0 aromatic heterocycles. The number of ether oxygens (including phenoxy) is 1. The molecule has 1 atom stereocenters. The minimum atomic E-state index is -0.754. The number of benzene rings is 1. The normalized spacial score (nSPS) is 17.2. The van der Waals surface area contributed by atoms with Gasteiger partial charge in [0.15, 0.2) is 11.9 Å². The van der Waals surface area contributed by atoms with Crippen LogP contribution in [-0.2, 0) is 14.3 Å². The fourth-order valence-corrected chi connectivity index (χ4v) is 2.57. The summed E-state index contributed by atoms with van der Waals surface area (Å²) < 4.78 is 5.04. The second-order valence-electron chi connectivity index (χ2n) is 5.33. The Morgan fingerprint density at radius 1 is 1.33 bits per heavy atom. The van der Waals surface area contributed by atoms with Crippen LogP contribution in [0.15, 0.2) is 18.2 Å². The summed E-state index contributed by atoms with van der Waals surface area (Å²) in [6.45, 7) is -0.442. The number of esters is 1. The zero-order valence-electron chi connectivity index (χ0n) is 12.6. The van der Waals surface area contributed by atoms with Crippen molar-refractivity contribution in [3.63, 3.8) is 0 Å². The molecule has 8 nitrogen and oxygen atoms in total. The smallest absolute Gasteiger partial charge is 0.326 e. The van der Waals surface area contributed by atoms with E-state index >= 15 is 0 Å². The molecule has 1 aliphatic carbocycles. The number of nitro groups is 1. The van der Waals surface area contributed by atoms with E-state index in [1.54, 1.807) is 0 Å². The van der Waals surface area contributed by atoms with Gasteiger partial charge >= 0.3 is 5.97 Å². The molecule has 0 radical (unpaired) electrons. The van der Waals surface area contributed by atoms with Gasteiger partial charge in [-0.3, -0.25) is 24.5 Å². The van der Waals surface area contributed by atoms with Crippen molar-refractivity contribution in [1.29, 1.82) is 0 Å². The van der Waals surface area contributed by atoms with Crippen LogP contribution in [0.2, 0.25) is 5.02 Å². The highest BCUT2D eigenvalue weighted by Gasteiger charge is 2.26. The molecule has 1 saturated carbocycles. The monoisotopic (exact) mass is 354 g/mol. The van der Waals surface area contributed by atoms with Gasteiger partial charge in [0.05, 0.1) is 4.92 Å². The summed E-state index contributed by atoms with van der Waals surface area (Å²) in [5.41, 5.74) is -0.376. The standard InChI is InChI=1S/C15H15ClN2O6/c16-10-5-9(6-11(7-10)18(22)23)15(21)17-8-14(20)24-13-4-2-1-3-12(13)19/h5-7,13H,1-4,8H2,(H,17,21)/t13-/m0/s1. The van der Waals surface area contributed by atoms with E-state index in [0.29, 0.717) is 12.8 Å². The van der Waals surface area contributed by atoms with Gasteiger partial charge in [-0.1, -0.05) is 11.6 Å². The fourth-order valence-electron chi connectivity index (χ4n) is 2.34. The van der Waals surface area contributed by atoms with Gasteiger partial charge in [-0.15, -0.1) is 0 Å². The number of hydrogen-bond acceptors (Lipinski definition) is 6. The molecule has 0 saturated heterocycles. The number of non-ortho nitro benzene ring substituents is 1. The topological polar surface area (TPSA) is 116 Å². The summed E-state index contributed by atoms with van der Waals surface area (Å²) in [5, 5.41) is 13.1. The average molecular weight is 355 g/mol. The summed E-state index contributed by atoms with van der Waals surface area (Å²) in [6.07, 6.45) is 1.71. The largest absolute Gasteiger partial charge is 0.453 e. The van der Waals surface area contributed by atoms with Crippen molar-refractivity contribution in [2.45, 2.75) is 31.8 Å². The lowest BCUT2D eigenvalue weighted by Crippen LogP contribution is -2.36. The first kappa shape index (κ1) is 17.9. The minimum Gasteiger partial charge on any atom is -0.453 e. The number of nitro benzene ring substituents is 1. The van der Waals surface area contributed by atoms with Crippen LogP contribution in [0.3, 0.4) is 0 Å². The number of amides is 1. The summed E-state index contributed by atoms with van der Waals surface area (Å²) in [6, 6.07) is 3.42. The van der Waals surface area contributed by atoms with Crippen molar-refractivity contribution in [2.24, 2.45) is 0 Å². The molecular formula is C15H15ClN2O6. The number of hydrogen-bond donors (Lipinski definition) is 1. The van der Waals surface area contributed by atoms with E-state index < -0.39 is 29.4 Å². The first-order chi connectivity index (χ1) is 11.4. The molecule has 1 fully saturated rings. The Morgan fingerprint density at radius 3 is 2.75 bits per heavy atom. The molecule has 1 aromatic carbocycles. The molecule has 24 heavy (non-hydrogen) atoms. The SMILES string of the molecule is O=C(CNC(=O)c1cc(Cl)cc([N+](=O)[O-])c1)O[C@H]1CCCCC1=O. The molecule has 1 aromatic rings. The van der Waals surface area contributed by atoms with Crippen molar-refractivity contribution in [2.75, 3.05) is 6.54 Å². The highest BCUT2D eigenvalue weighted by molar-refractivity contribution is 6.31. The Hall–Kier alpha value is -2.48. The molecule has 1 aliphatic rings. The van der Waals surface area contributed by atoms with Gasteiger partial charge in [0.1, 0.15) is 6.54 Å². The fraction of sp³-hybridized carbons (Fsp3) is 0.400. The molecule has 128 valence electrons. The molecule has 1 amide bonds. The van der Waals surface area contributed by atoms with E-state index in [9.17, 15) is 24.5 Å². The maximum absolute atomic E-state index is 12.0. The highest BCUT2D eigenvalue weighted by atomic mass is 35.5. The zero-order valence-corrected chi connectivity index (χ0v) is 13.4. The lowest BCUT2D eigenvalue weighted by Gasteiger charge is -2.20. The number of ketones is 1. The predicted octanol–water partition coefficient (Wildman–Crippen LogP) is 2.03. The molecule has 2 rings (SSSR count). The number of carbonyl (C=O) groups is 3. The second kappa shape index (κ2) is 7.87. The maximum atomic E-state index is 12.0. The van der Waals surface area contributed by atoms with Crippen LogP contribution in [-0.4, -0.2) is 35.2 Å². The second-order valence-corrected chi connectivity index (χ2v) is 5.76. The third-order valence-electron chi connectivity index (χ3n) is 3.52. The Balaban J connectivity index is 1.91. The molecule has 0 heterocycles. The Morgan fingerprint density at radius 2 is 2.08 bits per heavy atom. The van der Waals surface area contributed by atoms with E-state index in [-0.39, 0.29) is 22.1 Å². The predicted molar refractivity (Wildman–Crippen MR) is 83.8 cm³/mol. The number of carbonyl (C=O) groups excluding carboxylic acids is 3. The number of halogens is 1. The van der Waals surface area contributed by atoms with Crippen LogP contribution in [0, 0.1) is 10.1 Å². The Bertz CT molecular complexity index is 691. The lowest BCUT2D eigenvalue weighted by molar-refractivity contribution is -0.384. The van der Waals surface area contributed by atoms with Crippen LogP contribution in [0.25, 0.3) is 0 Å². The van der Waals surface area contributed by atoms with Gasteiger partial charge in [0, 0.05) is 29.1 Å². The van der Waals surface area contributed by atoms with Crippen LogP contribution in [0.5, 0.6) is 0 Å². The highest BCUT2D eigenvalue weighted by Crippen LogP contribution is 2.21. The maximum Gasteiger partial charge on any atom is 0.326 e. The van der Waals surface area contributed by atoms with Crippen molar-refractivity contribution < 1.29 is 24.0 Å². The summed E-state index contributed by atoms with van der Waals surface area (Å²) in [7, 11) is 0. The van der Waals surface area contributed by atoms with E-state index in [4.69, 9.17) is 16.3 Å². The molecule has 0 unspecified atom stereocenters. The minimum absolute atomic E-state index is 0.0322. The molecule has 9 heteroatoms. The van der Waals surface area contributed by atoms with Gasteiger partial charge in [0.2, 0.25) is 0 Å². The van der Waals surface area contributed by atoms with E-state index in [1.165, 1.54) is 6.07 Å². The van der Waals surface area contributed by atoms with Crippen molar-refractivity contribution in [1.82, 2.24) is 5.32 Å².